The van der Waals surface area contributed by atoms with Crippen LogP contribution in [-0.4, -0.2) is 11.0 Å². The van der Waals surface area contributed by atoms with Crippen molar-refractivity contribution in [1.82, 2.24) is 0 Å². The van der Waals surface area contributed by atoms with Gasteiger partial charge in [-0.3, -0.25) is 10.1 Å². The Morgan fingerprint density at radius 1 is 1.47 bits per heavy atom. The fraction of sp³-hybridized carbons (Fsp3) is 0.538. The minimum atomic E-state index is -0.657. The second-order valence-electron chi connectivity index (χ2n) is 4.58. The lowest BCUT2D eigenvalue weighted by atomic mass is 10.1. The van der Waals surface area contributed by atoms with Crippen LogP contribution >= 0.6 is 11.6 Å². The van der Waals surface area contributed by atoms with Gasteiger partial charge >= 0.3 is 0 Å². The highest BCUT2D eigenvalue weighted by Crippen LogP contribution is 2.31. The molecule has 1 rings (SSSR count). The monoisotopic (exact) mass is 288 g/mol. The zero-order valence-electron chi connectivity index (χ0n) is 11.1. The molecule has 1 aromatic carbocycles. The summed E-state index contributed by atoms with van der Waals surface area (Å²) in [6.45, 7) is 4.03. The van der Waals surface area contributed by atoms with E-state index in [2.05, 4.69) is 12.2 Å². The summed E-state index contributed by atoms with van der Waals surface area (Å²) in [5, 5.41) is 13.7. The standard InChI is InChI=1S/C13H18ClFN2O2/c1-3-4-5-6-9(2)16-12-8-11(15)10(14)7-13(12)17(18)19/h7-9,16H,3-6H2,1-2H3. The van der Waals surface area contributed by atoms with E-state index < -0.39 is 10.7 Å². The van der Waals surface area contributed by atoms with Gasteiger partial charge in [-0.05, 0) is 13.3 Å². The molecule has 0 amide bonds. The van der Waals surface area contributed by atoms with Gasteiger partial charge < -0.3 is 5.32 Å². The lowest BCUT2D eigenvalue weighted by molar-refractivity contribution is -0.384. The molecule has 0 fully saturated rings. The van der Waals surface area contributed by atoms with Crippen LogP contribution in [-0.2, 0) is 0 Å². The second-order valence-corrected chi connectivity index (χ2v) is 4.99. The highest BCUT2D eigenvalue weighted by molar-refractivity contribution is 6.31. The number of nitrogens with one attached hydrogen (secondary N) is 1. The van der Waals surface area contributed by atoms with Crippen molar-refractivity contribution < 1.29 is 9.31 Å². The molecule has 0 aliphatic carbocycles. The third kappa shape index (κ3) is 4.67. The Hall–Kier alpha value is -1.36. The summed E-state index contributed by atoms with van der Waals surface area (Å²) >= 11 is 5.56. The first kappa shape index (κ1) is 15.7. The van der Waals surface area contributed by atoms with Gasteiger partial charge in [-0.1, -0.05) is 37.8 Å². The van der Waals surface area contributed by atoms with Gasteiger partial charge in [0.15, 0.2) is 0 Å². The predicted octanol–water partition coefficient (Wildman–Crippen LogP) is 4.77. The number of hydrogen-bond donors (Lipinski definition) is 1. The van der Waals surface area contributed by atoms with E-state index in [9.17, 15) is 14.5 Å². The molecule has 0 saturated heterocycles. The van der Waals surface area contributed by atoms with Crippen LogP contribution in [0.4, 0.5) is 15.8 Å². The van der Waals surface area contributed by atoms with E-state index in [-0.39, 0.29) is 22.4 Å². The van der Waals surface area contributed by atoms with Crippen LogP contribution in [0.1, 0.15) is 39.5 Å². The van der Waals surface area contributed by atoms with Gasteiger partial charge in [0, 0.05) is 18.2 Å². The van der Waals surface area contributed by atoms with Gasteiger partial charge in [0.1, 0.15) is 11.5 Å². The summed E-state index contributed by atoms with van der Waals surface area (Å²) in [5.41, 5.74) is -0.0235. The third-order valence-electron chi connectivity index (χ3n) is 2.88. The van der Waals surface area contributed by atoms with Crippen LogP contribution < -0.4 is 5.32 Å². The maximum Gasteiger partial charge on any atom is 0.294 e. The number of nitrogens with zero attached hydrogens (tertiary/aromatic N) is 1. The smallest absolute Gasteiger partial charge is 0.294 e. The van der Waals surface area contributed by atoms with Gasteiger partial charge in [-0.15, -0.1) is 0 Å². The van der Waals surface area contributed by atoms with Crippen LogP contribution in [0, 0.1) is 15.9 Å². The van der Waals surface area contributed by atoms with Crippen molar-refractivity contribution in [3.8, 4) is 0 Å². The average molecular weight is 289 g/mol. The highest BCUT2D eigenvalue weighted by atomic mass is 35.5. The number of nitro groups is 1. The van der Waals surface area contributed by atoms with E-state index in [0.717, 1.165) is 37.8 Å². The van der Waals surface area contributed by atoms with Gasteiger partial charge in [-0.25, -0.2) is 4.39 Å². The Bertz CT molecular complexity index is 455. The number of hydrogen-bond acceptors (Lipinski definition) is 3. The van der Waals surface area contributed by atoms with Gasteiger partial charge in [0.25, 0.3) is 5.69 Å². The van der Waals surface area contributed by atoms with Crippen molar-refractivity contribution in [2.75, 3.05) is 5.32 Å². The van der Waals surface area contributed by atoms with E-state index in [0.29, 0.717) is 0 Å². The van der Waals surface area contributed by atoms with Gasteiger partial charge in [0.2, 0.25) is 0 Å². The van der Waals surface area contributed by atoms with Crippen molar-refractivity contribution >= 4 is 23.0 Å². The highest BCUT2D eigenvalue weighted by Gasteiger charge is 2.18. The maximum atomic E-state index is 13.4. The predicted molar refractivity (Wildman–Crippen MR) is 75.3 cm³/mol. The fourth-order valence-corrected chi connectivity index (χ4v) is 2.00. The van der Waals surface area contributed by atoms with Crippen molar-refractivity contribution in [2.45, 2.75) is 45.6 Å². The van der Waals surface area contributed by atoms with Crippen LogP contribution in [0.2, 0.25) is 5.02 Å². The molecule has 0 saturated carbocycles. The summed E-state index contributed by atoms with van der Waals surface area (Å²) in [5.74, 6) is -0.657. The second kappa shape index (κ2) is 7.28. The van der Waals surface area contributed by atoms with Gasteiger partial charge in [0.05, 0.1) is 9.95 Å². The summed E-state index contributed by atoms with van der Waals surface area (Å²) in [6, 6.07) is 2.17. The SMILES string of the molecule is CCCCCC(C)Nc1cc(F)c(Cl)cc1[N+](=O)[O-]. The molecule has 0 aliphatic heterocycles. The number of unbranched alkanes of at least 4 members (excludes halogenated alkanes) is 2. The Morgan fingerprint density at radius 2 is 2.16 bits per heavy atom. The minimum absolute atomic E-state index is 0.0471. The Balaban J connectivity index is 2.81. The third-order valence-corrected chi connectivity index (χ3v) is 3.17. The van der Waals surface area contributed by atoms with Crippen molar-refractivity contribution in [3.63, 3.8) is 0 Å². The number of halogens is 2. The topological polar surface area (TPSA) is 55.2 Å². The van der Waals surface area contributed by atoms with E-state index >= 15 is 0 Å². The maximum absolute atomic E-state index is 13.4. The molecule has 1 aromatic rings. The molecule has 106 valence electrons. The number of benzene rings is 1. The zero-order chi connectivity index (χ0) is 14.4. The fourth-order valence-electron chi connectivity index (χ4n) is 1.84. The number of rotatable bonds is 7. The Labute approximate surface area is 117 Å². The molecular formula is C13H18ClFN2O2. The van der Waals surface area contributed by atoms with Crippen LogP contribution in [0.15, 0.2) is 12.1 Å². The first-order chi connectivity index (χ1) is 8.95. The van der Waals surface area contributed by atoms with E-state index in [1.807, 2.05) is 6.92 Å². The molecule has 0 bridgehead atoms. The van der Waals surface area contributed by atoms with E-state index in [1.54, 1.807) is 0 Å². The van der Waals surface area contributed by atoms with Crippen molar-refractivity contribution in [1.29, 1.82) is 0 Å². The molecular weight excluding hydrogens is 271 g/mol. The lowest BCUT2D eigenvalue weighted by Crippen LogP contribution is -2.16. The molecule has 4 nitrogen and oxygen atoms in total. The quantitative estimate of drug-likeness (QED) is 0.447. The first-order valence-corrected chi connectivity index (χ1v) is 6.73. The molecule has 1 N–H and O–H groups in total. The summed E-state index contributed by atoms with van der Waals surface area (Å²) < 4.78 is 13.4. The number of nitro benzene ring substituents is 1. The Morgan fingerprint density at radius 3 is 2.74 bits per heavy atom. The summed E-state index contributed by atoms with van der Waals surface area (Å²) in [7, 11) is 0. The van der Waals surface area contributed by atoms with Crippen LogP contribution in [0.3, 0.4) is 0 Å². The van der Waals surface area contributed by atoms with E-state index in [4.69, 9.17) is 11.6 Å². The minimum Gasteiger partial charge on any atom is -0.377 e. The Kier molecular flexibility index (Phi) is 6.02. The molecule has 0 radical (unpaired) electrons. The van der Waals surface area contributed by atoms with Crippen molar-refractivity contribution in [2.24, 2.45) is 0 Å². The van der Waals surface area contributed by atoms with E-state index in [1.165, 1.54) is 0 Å². The van der Waals surface area contributed by atoms with Crippen LogP contribution in [0.5, 0.6) is 0 Å². The lowest BCUT2D eigenvalue weighted by Gasteiger charge is -2.15. The normalized spacial score (nSPS) is 12.2. The molecule has 0 spiro atoms. The first-order valence-electron chi connectivity index (χ1n) is 6.35. The average Bonchev–Trinajstić information content (AvgIpc) is 2.33. The molecule has 1 atom stereocenters. The molecule has 1 unspecified atom stereocenters. The van der Waals surface area contributed by atoms with Gasteiger partial charge in [-0.2, -0.15) is 0 Å². The molecule has 0 aromatic heterocycles. The molecule has 0 heterocycles. The number of anilines is 1. The summed E-state index contributed by atoms with van der Waals surface area (Å²) in [4.78, 5) is 10.3. The van der Waals surface area contributed by atoms with Crippen LogP contribution in [0.25, 0.3) is 0 Å². The summed E-state index contributed by atoms with van der Waals surface area (Å²) in [6.07, 6.45) is 4.15. The van der Waals surface area contributed by atoms with Crippen molar-refractivity contribution in [3.05, 3.63) is 33.1 Å². The largest absolute Gasteiger partial charge is 0.377 e. The molecule has 19 heavy (non-hydrogen) atoms. The zero-order valence-corrected chi connectivity index (χ0v) is 11.8. The molecule has 0 aliphatic rings. The molecule has 6 heteroatoms.